The molecule has 0 heterocycles. The van der Waals surface area contributed by atoms with Gasteiger partial charge in [0.2, 0.25) is 0 Å². The highest BCUT2D eigenvalue weighted by molar-refractivity contribution is 5.49. The molecule has 2 aromatic rings. The van der Waals surface area contributed by atoms with E-state index in [1.54, 1.807) is 0 Å². The van der Waals surface area contributed by atoms with E-state index in [4.69, 9.17) is 10.5 Å². The molecule has 0 bridgehead atoms. The molecule has 0 aliphatic carbocycles. The number of rotatable bonds is 9. The highest BCUT2D eigenvalue weighted by atomic mass is 16.5. The van der Waals surface area contributed by atoms with E-state index in [9.17, 15) is 0 Å². The van der Waals surface area contributed by atoms with Crippen LogP contribution in [0, 0.1) is 5.92 Å². The van der Waals surface area contributed by atoms with Crippen molar-refractivity contribution < 1.29 is 4.74 Å². The maximum atomic E-state index is 6.26. The van der Waals surface area contributed by atoms with Crippen molar-refractivity contribution in [1.29, 1.82) is 0 Å². The third kappa shape index (κ3) is 7.18. The second kappa shape index (κ2) is 8.91. The van der Waals surface area contributed by atoms with E-state index in [-0.39, 0.29) is 5.54 Å². The van der Waals surface area contributed by atoms with Crippen LogP contribution in [-0.2, 0) is 6.61 Å². The minimum atomic E-state index is -0.223. The van der Waals surface area contributed by atoms with E-state index >= 15 is 0 Å². The van der Waals surface area contributed by atoms with E-state index in [0.717, 1.165) is 25.3 Å². The topological polar surface area (TPSA) is 38.5 Å². The van der Waals surface area contributed by atoms with E-state index in [2.05, 4.69) is 56.9 Å². The van der Waals surface area contributed by atoms with Crippen LogP contribution in [-0.4, -0.2) is 18.6 Å². The van der Waals surface area contributed by atoms with Gasteiger partial charge in [0.15, 0.2) is 0 Å². The Morgan fingerprint density at radius 2 is 1.64 bits per heavy atom. The molecule has 0 saturated heterocycles. The first-order valence-electron chi connectivity index (χ1n) is 9.14. The lowest BCUT2D eigenvalue weighted by Crippen LogP contribution is -2.46. The summed E-state index contributed by atoms with van der Waals surface area (Å²) in [4.78, 5) is 2.38. The predicted molar refractivity (Wildman–Crippen MR) is 107 cm³/mol. The molecule has 3 nitrogen and oxygen atoms in total. The summed E-state index contributed by atoms with van der Waals surface area (Å²) in [5, 5.41) is 0. The summed E-state index contributed by atoms with van der Waals surface area (Å²) in [7, 11) is 0. The fraction of sp³-hybridized carbons (Fsp3) is 0.455. The molecule has 0 aliphatic rings. The standard InChI is InChI=1S/C22H32N2O/c1-18(2)14-15-24(17-22(3,4)23)20-10-12-21(13-11-20)25-16-19-8-6-5-7-9-19/h5-13,18H,14-17,23H2,1-4H3. The van der Waals surface area contributed by atoms with Crippen LogP contribution in [0.5, 0.6) is 5.75 Å². The fourth-order valence-corrected chi connectivity index (χ4v) is 2.70. The average molecular weight is 341 g/mol. The first-order chi connectivity index (χ1) is 11.8. The largest absolute Gasteiger partial charge is 0.489 e. The molecule has 25 heavy (non-hydrogen) atoms. The minimum absolute atomic E-state index is 0.223. The molecular formula is C22H32N2O. The molecule has 136 valence electrons. The molecule has 0 radical (unpaired) electrons. The summed E-state index contributed by atoms with van der Waals surface area (Å²) in [6, 6.07) is 18.6. The molecular weight excluding hydrogens is 308 g/mol. The summed E-state index contributed by atoms with van der Waals surface area (Å²) < 4.78 is 5.88. The molecule has 0 spiro atoms. The van der Waals surface area contributed by atoms with Crippen LogP contribution in [0.3, 0.4) is 0 Å². The molecule has 0 fully saturated rings. The molecule has 0 unspecified atom stereocenters. The van der Waals surface area contributed by atoms with Crippen LogP contribution in [0.15, 0.2) is 54.6 Å². The second-order valence-electron chi connectivity index (χ2n) is 7.86. The summed E-state index contributed by atoms with van der Waals surface area (Å²) in [6.07, 6.45) is 1.16. The van der Waals surface area contributed by atoms with Crippen LogP contribution >= 0.6 is 0 Å². The number of hydrogen-bond acceptors (Lipinski definition) is 3. The third-order valence-electron chi connectivity index (χ3n) is 4.02. The van der Waals surface area contributed by atoms with Gasteiger partial charge in [-0.1, -0.05) is 44.2 Å². The molecule has 2 N–H and O–H groups in total. The molecule has 2 rings (SSSR count). The number of ether oxygens (including phenoxy) is 1. The number of anilines is 1. The highest BCUT2D eigenvalue weighted by Gasteiger charge is 2.17. The number of nitrogens with two attached hydrogens (primary N) is 1. The lowest BCUT2D eigenvalue weighted by molar-refractivity contribution is 0.306. The van der Waals surface area contributed by atoms with Gasteiger partial charge in [0.1, 0.15) is 12.4 Å². The van der Waals surface area contributed by atoms with Gasteiger partial charge < -0.3 is 15.4 Å². The van der Waals surface area contributed by atoms with Crippen molar-refractivity contribution >= 4 is 5.69 Å². The smallest absolute Gasteiger partial charge is 0.119 e. The summed E-state index contributed by atoms with van der Waals surface area (Å²) in [5.41, 5.74) is 8.41. The van der Waals surface area contributed by atoms with Crippen molar-refractivity contribution in [1.82, 2.24) is 0 Å². The lowest BCUT2D eigenvalue weighted by atomic mass is 10.0. The number of hydrogen-bond donors (Lipinski definition) is 1. The van der Waals surface area contributed by atoms with E-state index in [1.165, 1.54) is 11.3 Å². The van der Waals surface area contributed by atoms with E-state index in [0.29, 0.717) is 12.5 Å². The quantitative estimate of drug-likeness (QED) is 0.709. The molecule has 0 saturated carbocycles. The Kier molecular flexibility index (Phi) is 6.89. The van der Waals surface area contributed by atoms with E-state index in [1.807, 2.05) is 30.3 Å². The summed E-state index contributed by atoms with van der Waals surface area (Å²) in [5.74, 6) is 1.57. The van der Waals surface area contributed by atoms with Gasteiger partial charge in [-0.05, 0) is 56.0 Å². The Hall–Kier alpha value is -2.00. The van der Waals surface area contributed by atoms with Gasteiger partial charge in [-0.2, -0.15) is 0 Å². The van der Waals surface area contributed by atoms with Gasteiger partial charge in [-0.3, -0.25) is 0 Å². The summed E-state index contributed by atoms with van der Waals surface area (Å²) in [6.45, 7) is 11.1. The third-order valence-corrected chi connectivity index (χ3v) is 4.02. The SMILES string of the molecule is CC(C)CCN(CC(C)(C)N)c1ccc(OCc2ccccc2)cc1. The van der Waals surface area contributed by atoms with Crippen molar-refractivity contribution in [3.8, 4) is 5.75 Å². The summed E-state index contributed by atoms with van der Waals surface area (Å²) >= 11 is 0. The van der Waals surface area contributed by atoms with Crippen molar-refractivity contribution in [2.24, 2.45) is 11.7 Å². The van der Waals surface area contributed by atoms with Crippen LogP contribution in [0.4, 0.5) is 5.69 Å². The van der Waals surface area contributed by atoms with Gasteiger partial charge in [-0.15, -0.1) is 0 Å². The predicted octanol–water partition coefficient (Wildman–Crippen LogP) is 4.86. The minimum Gasteiger partial charge on any atom is -0.489 e. The maximum absolute atomic E-state index is 6.26. The van der Waals surface area contributed by atoms with Gasteiger partial charge in [0, 0.05) is 24.3 Å². The zero-order chi connectivity index (χ0) is 18.3. The first-order valence-corrected chi connectivity index (χ1v) is 9.14. The van der Waals surface area contributed by atoms with Crippen molar-refractivity contribution in [2.45, 2.75) is 46.3 Å². The average Bonchev–Trinajstić information content (AvgIpc) is 2.57. The van der Waals surface area contributed by atoms with Crippen LogP contribution in [0.1, 0.15) is 39.7 Å². The number of nitrogens with zero attached hydrogens (tertiary/aromatic N) is 1. The van der Waals surface area contributed by atoms with E-state index < -0.39 is 0 Å². The van der Waals surface area contributed by atoms with Crippen LogP contribution < -0.4 is 15.4 Å². The molecule has 0 atom stereocenters. The monoisotopic (exact) mass is 340 g/mol. The first kappa shape index (κ1) is 19.3. The Labute approximate surface area is 152 Å². The highest BCUT2D eigenvalue weighted by Crippen LogP contribution is 2.22. The molecule has 2 aromatic carbocycles. The molecule has 3 heteroatoms. The molecule has 0 amide bonds. The van der Waals surface area contributed by atoms with Crippen LogP contribution in [0.2, 0.25) is 0 Å². The number of benzene rings is 2. The maximum Gasteiger partial charge on any atom is 0.119 e. The lowest BCUT2D eigenvalue weighted by Gasteiger charge is -2.32. The van der Waals surface area contributed by atoms with Gasteiger partial charge in [-0.25, -0.2) is 0 Å². The normalized spacial score (nSPS) is 11.6. The zero-order valence-electron chi connectivity index (χ0n) is 16.0. The van der Waals surface area contributed by atoms with Gasteiger partial charge >= 0.3 is 0 Å². The Morgan fingerprint density at radius 3 is 2.20 bits per heavy atom. The molecule has 0 aromatic heterocycles. The van der Waals surface area contributed by atoms with Crippen LogP contribution in [0.25, 0.3) is 0 Å². The van der Waals surface area contributed by atoms with Gasteiger partial charge in [0.25, 0.3) is 0 Å². The van der Waals surface area contributed by atoms with Crippen molar-refractivity contribution in [3.05, 3.63) is 60.2 Å². The fourth-order valence-electron chi connectivity index (χ4n) is 2.70. The zero-order valence-corrected chi connectivity index (χ0v) is 16.0. The molecule has 0 aliphatic heterocycles. The van der Waals surface area contributed by atoms with Crippen molar-refractivity contribution in [2.75, 3.05) is 18.0 Å². The Bertz CT molecular complexity index is 615. The Morgan fingerprint density at radius 1 is 1.00 bits per heavy atom. The second-order valence-corrected chi connectivity index (χ2v) is 7.86. The van der Waals surface area contributed by atoms with Crippen molar-refractivity contribution in [3.63, 3.8) is 0 Å². The van der Waals surface area contributed by atoms with Gasteiger partial charge in [0.05, 0.1) is 0 Å². The Balaban J connectivity index is 2.00.